The van der Waals surface area contributed by atoms with Crippen LogP contribution in [-0.2, 0) is 12.8 Å². The van der Waals surface area contributed by atoms with Crippen LogP contribution in [0.2, 0.25) is 0 Å². The Bertz CT molecular complexity index is 410. The third-order valence-corrected chi connectivity index (χ3v) is 3.74. The van der Waals surface area contributed by atoms with E-state index in [4.69, 9.17) is 9.97 Å². The van der Waals surface area contributed by atoms with Crippen LogP contribution in [0.1, 0.15) is 62.0 Å². The van der Waals surface area contributed by atoms with Gasteiger partial charge >= 0.3 is 0 Å². The molecule has 0 bridgehead atoms. The van der Waals surface area contributed by atoms with Gasteiger partial charge in [-0.25, -0.2) is 9.97 Å². The maximum atomic E-state index is 4.83. The van der Waals surface area contributed by atoms with Gasteiger partial charge in [-0.15, -0.1) is 0 Å². The van der Waals surface area contributed by atoms with Crippen LogP contribution in [0.25, 0.3) is 0 Å². The third-order valence-electron chi connectivity index (χ3n) is 3.74. The van der Waals surface area contributed by atoms with Crippen LogP contribution >= 0.6 is 0 Å². The van der Waals surface area contributed by atoms with E-state index in [9.17, 15) is 0 Å². The molecule has 0 aromatic carbocycles. The lowest BCUT2D eigenvalue weighted by atomic mass is 10.1. The minimum atomic E-state index is 0.654. The zero-order chi connectivity index (χ0) is 11.7. The first kappa shape index (κ1) is 11.0. The van der Waals surface area contributed by atoms with Gasteiger partial charge in [-0.3, -0.25) is 0 Å². The number of hydrogen-bond acceptors (Lipinski definition) is 3. The molecule has 1 saturated carbocycles. The van der Waals surface area contributed by atoms with E-state index in [0.717, 1.165) is 31.0 Å². The molecule has 3 heteroatoms. The largest absolute Gasteiger partial charge is 0.370 e. The number of aromatic nitrogens is 2. The number of rotatable bonds is 3. The molecule has 92 valence electrons. The van der Waals surface area contributed by atoms with Gasteiger partial charge in [0.05, 0.1) is 0 Å². The first-order valence-electron chi connectivity index (χ1n) is 7.02. The molecule has 2 aliphatic carbocycles. The predicted octanol–water partition coefficient (Wildman–Crippen LogP) is 3.05. The molecular formula is C14H21N3. The number of nitrogens with one attached hydrogen (secondary N) is 1. The molecule has 2 aliphatic rings. The highest BCUT2D eigenvalue weighted by molar-refractivity contribution is 5.48. The second-order valence-electron chi connectivity index (χ2n) is 5.22. The SMILES string of the molecule is CCNc1nc(C2CC2)nc2c1CCCCC2. The molecule has 0 saturated heterocycles. The minimum Gasteiger partial charge on any atom is -0.370 e. The van der Waals surface area contributed by atoms with Gasteiger partial charge in [-0.05, 0) is 45.4 Å². The summed E-state index contributed by atoms with van der Waals surface area (Å²) >= 11 is 0. The van der Waals surface area contributed by atoms with Crippen LogP contribution in [0.15, 0.2) is 0 Å². The summed E-state index contributed by atoms with van der Waals surface area (Å²) in [4.78, 5) is 9.58. The van der Waals surface area contributed by atoms with Crippen molar-refractivity contribution in [3.63, 3.8) is 0 Å². The Morgan fingerprint density at radius 2 is 1.94 bits per heavy atom. The van der Waals surface area contributed by atoms with E-state index >= 15 is 0 Å². The average Bonchev–Trinajstić information content (AvgIpc) is 3.16. The van der Waals surface area contributed by atoms with E-state index < -0.39 is 0 Å². The van der Waals surface area contributed by atoms with E-state index in [1.165, 1.54) is 43.4 Å². The highest BCUT2D eigenvalue weighted by Crippen LogP contribution is 2.39. The molecule has 0 amide bonds. The predicted molar refractivity (Wildman–Crippen MR) is 69.4 cm³/mol. The Labute approximate surface area is 103 Å². The lowest BCUT2D eigenvalue weighted by Gasteiger charge is -2.13. The maximum Gasteiger partial charge on any atom is 0.134 e. The molecule has 0 unspecified atom stereocenters. The summed E-state index contributed by atoms with van der Waals surface area (Å²) in [5, 5.41) is 3.44. The van der Waals surface area contributed by atoms with Gasteiger partial charge in [-0.2, -0.15) is 0 Å². The fourth-order valence-electron chi connectivity index (χ4n) is 2.63. The number of fused-ring (bicyclic) bond motifs is 1. The van der Waals surface area contributed by atoms with Crippen LogP contribution in [0.4, 0.5) is 5.82 Å². The molecule has 0 spiro atoms. The van der Waals surface area contributed by atoms with Crippen molar-refractivity contribution < 1.29 is 0 Å². The van der Waals surface area contributed by atoms with Crippen molar-refractivity contribution in [1.29, 1.82) is 0 Å². The number of anilines is 1. The van der Waals surface area contributed by atoms with Gasteiger partial charge in [0.15, 0.2) is 0 Å². The molecule has 17 heavy (non-hydrogen) atoms. The molecular weight excluding hydrogens is 210 g/mol. The van der Waals surface area contributed by atoms with Crippen molar-refractivity contribution in [3.8, 4) is 0 Å². The van der Waals surface area contributed by atoms with Gasteiger partial charge in [0.25, 0.3) is 0 Å². The summed E-state index contributed by atoms with van der Waals surface area (Å²) in [7, 11) is 0. The second-order valence-corrected chi connectivity index (χ2v) is 5.22. The summed E-state index contributed by atoms with van der Waals surface area (Å²) < 4.78 is 0. The molecule has 1 aromatic rings. The quantitative estimate of drug-likeness (QED) is 0.812. The first-order chi connectivity index (χ1) is 8.38. The summed E-state index contributed by atoms with van der Waals surface area (Å²) in [6.45, 7) is 3.09. The average molecular weight is 231 g/mol. The summed E-state index contributed by atoms with van der Waals surface area (Å²) in [5.74, 6) is 2.88. The van der Waals surface area contributed by atoms with Crippen LogP contribution in [0, 0.1) is 0 Å². The second kappa shape index (κ2) is 4.63. The Morgan fingerprint density at radius 3 is 2.71 bits per heavy atom. The van der Waals surface area contributed by atoms with Crippen molar-refractivity contribution in [2.45, 2.75) is 57.8 Å². The van der Waals surface area contributed by atoms with Gasteiger partial charge in [0, 0.05) is 23.7 Å². The zero-order valence-electron chi connectivity index (χ0n) is 10.6. The molecule has 1 aromatic heterocycles. The standard InChI is InChI=1S/C14H21N3/c1-2-15-14-11-6-4-3-5-7-12(11)16-13(17-14)10-8-9-10/h10H,2-9H2,1H3,(H,15,16,17). The highest BCUT2D eigenvalue weighted by atomic mass is 15.0. The number of aryl methyl sites for hydroxylation is 1. The Kier molecular flexibility index (Phi) is 3.00. The van der Waals surface area contributed by atoms with Crippen molar-refractivity contribution >= 4 is 5.82 Å². The van der Waals surface area contributed by atoms with Crippen molar-refractivity contribution in [3.05, 3.63) is 17.1 Å². The third kappa shape index (κ3) is 2.28. The van der Waals surface area contributed by atoms with Gasteiger partial charge in [0.2, 0.25) is 0 Å². The smallest absolute Gasteiger partial charge is 0.134 e. The minimum absolute atomic E-state index is 0.654. The van der Waals surface area contributed by atoms with E-state index in [1.54, 1.807) is 0 Å². The van der Waals surface area contributed by atoms with Crippen molar-refractivity contribution in [2.75, 3.05) is 11.9 Å². The monoisotopic (exact) mass is 231 g/mol. The summed E-state index contributed by atoms with van der Waals surface area (Å²) in [6.07, 6.45) is 8.78. The van der Waals surface area contributed by atoms with E-state index in [-0.39, 0.29) is 0 Å². The zero-order valence-corrected chi connectivity index (χ0v) is 10.6. The van der Waals surface area contributed by atoms with Crippen molar-refractivity contribution in [1.82, 2.24) is 9.97 Å². The fourth-order valence-corrected chi connectivity index (χ4v) is 2.63. The first-order valence-corrected chi connectivity index (χ1v) is 7.02. The number of nitrogens with zero attached hydrogens (tertiary/aromatic N) is 2. The number of hydrogen-bond donors (Lipinski definition) is 1. The molecule has 0 radical (unpaired) electrons. The highest BCUT2D eigenvalue weighted by Gasteiger charge is 2.28. The van der Waals surface area contributed by atoms with E-state index in [1.807, 2.05) is 0 Å². The maximum absolute atomic E-state index is 4.83. The molecule has 1 fully saturated rings. The normalized spacial score (nSPS) is 19.6. The fraction of sp³-hybridized carbons (Fsp3) is 0.714. The topological polar surface area (TPSA) is 37.8 Å². The lowest BCUT2D eigenvalue weighted by Crippen LogP contribution is -2.10. The van der Waals surface area contributed by atoms with Crippen LogP contribution in [0.3, 0.4) is 0 Å². The van der Waals surface area contributed by atoms with Crippen LogP contribution in [-0.4, -0.2) is 16.5 Å². The van der Waals surface area contributed by atoms with E-state index in [2.05, 4.69) is 12.2 Å². The van der Waals surface area contributed by atoms with Crippen LogP contribution in [0.5, 0.6) is 0 Å². The molecule has 0 atom stereocenters. The summed E-state index contributed by atoms with van der Waals surface area (Å²) in [6, 6.07) is 0. The van der Waals surface area contributed by atoms with Crippen LogP contribution < -0.4 is 5.32 Å². The van der Waals surface area contributed by atoms with Gasteiger partial charge in [-0.1, -0.05) is 6.42 Å². The Morgan fingerprint density at radius 1 is 1.12 bits per heavy atom. The van der Waals surface area contributed by atoms with Gasteiger partial charge in [0.1, 0.15) is 11.6 Å². The van der Waals surface area contributed by atoms with E-state index in [0.29, 0.717) is 5.92 Å². The Balaban J connectivity index is 2.00. The molecule has 3 rings (SSSR count). The van der Waals surface area contributed by atoms with Gasteiger partial charge < -0.3 is 5.32 Å². The molecule has 3 nitrogen and oxygen atoms in total. The molecule has 1 heterocycles. The molecule has 1 N–H and O–H groups in total. The Hall–Kier alpha value is -1.12. The summed E-state index contributed by atoms with van der Waals surface area (Å²) in [5.41, 5.74) is 2.73. The molecule has 0 aliphatic heterocycles. The van der Waals surface area contributed by atoms with Crippen molar-refractivity contribution in [2.24, 2.45) is 0 Å². The lowest BCUT2D eigenvalue weighted by molar-refractivity contribution is 0.708.